The zero-order chi connectivity index (χ0) is 14.3. The fraction of sp³-hybridized carbons (Fsp3) is 0.571. The van der Waals surface area contributed by atoms with Gasteiger partial charge >= 0.3 is 0 Å². The van der Waals surface area contributed by atoms with Crippen LogP contribution in [-0.4, -0.2) is 21.3 Å². The minimum atomic E-state index is -0.139. The number of aromatic nitrogens is 2. The van der Waals surface area contributed by atoms with E-state index in [9.17, 15) is 0 Å². The van der Waals surface area contributed by atoms with Crippen LogP contribution in [-0.2, 0) is 17.8 Å². The van der Waals surface area contributed by atoms with Gasteiger partial charge in [0.15, 0.2) is 5.16 Å². The Morgan fingerprint density at radius 2 is 2.20 bits per heavy atom. The standard InChI is InChI=1S/C14H17ClN2OS2/c1-4-5-19-13-16-11(15)10-8-6-14(2,3)18-7-9(8)20-12(10)17-13/h4-7H2,1-3H3. The molecule has 3 nitrogen and oxygen atoms in total. The molecule has 0 saturated carbocycles. The van der Waals surface area contributed by atoms with Crippen LogP contribution in [0.2, 0.25) is 5.15 Å². The van der Waals surface area contributed by atoms with E-state index in [1.165, 1.54) is 10.4 Å². The van der Waals surface area contributed by atoms with Crippen LogP contribution in [0.5, 0.6) is 0 Å². The summed E-state index contributed by atoms with van der Waals surface area (Å²) in [6.45, 7) is 7.02. The number of hydrogen-bond acceptors (Lipinski definition) is 5. The fourth-order valence-electron chi connectivity index (χ4n) is 2.34. The molecule has 20 heavy (non-hydrogen) atoms. The van der Waals surface area contributed by atoms with Crippen LogP contribution >= 0.6 is 34.7 Å². The van der Waals surface area contributed by atoms with Crippen molar-refractivity contribution in [2.24, 2.45) is 0 Å². The zero-order valence-corrected chi connectivity index (χ0v) is 14.2. The topological polar surface area (TPSA) is 35.0 Å². The van der Waals surface area contributed by atoms with Gasteiger partial charge in [0, 0.05) is 17.1 Å². The predicted molar refractivity (Wildman–Crippen MR) is 86.0 cm³/mol. The van der Waals surface area contributed by atoms with Crippen molar-refractivity contribution in [1.82, 2.24) is 9.97 Å². The Hall–Kier alpha value is -0.360. The molecule has 3 heterocycles. The second-order valence-corrected chi connectivity index (χ2v) is 8.06. The number of nitrogens with zero attached hydrogens (tertiary/aromatic N) is 2. The third-order valence-corrected chi connectivity index (χ3v) is 5.73. The lowest BCUT2D eigenvalue weighted by atomic mass is 9.95. The van der Waals surface area contributed by atoms with Crippen molar-refractivity contribution in [2.45, 2.75) is 51.0 Å². The summed E-state index contributed by atoms with van der Waals surface area (Å²) in [5, 5.41) is 2.40. The molecule has 2 aromatic rings. The van der Waals surface area contributed by atoms with E-state index < -0.39 is 0 Å². The van der Waals surface area contributed by atoms with Gasteiger partial charge in [0.05, 0.1) is 17.6 Å². The van der Waals surface area contributed by atoms with E-state index in [0.717, 1.165) is 34.0 Å². The Balaban J connectivity index is 2.07. The molecular formula is C14H17ClN2OS2. The summed E-state index contributed by atoms with van der Waals surface area (Å²) in [6.07, 6.45) is 1.97. The first-order valence-electron chi connectivity index (χ1n) is 6.75. The van der Waals surface area contributed by atoms with Gasteiger partial charge in [0.25, 0.3) is 0 Å². The Kier molecular flexibility index (Phi) is 3.97. The Labute approximate surface area is 132 Å². The average Bonchev–Trinajstić information content (AvgIpc) is 2.73. The molecule has 0 N–H and O–H groups in total. The first kappa shape index (κ1) is 14.6. The van der Waals surface area contributed by atoms with Gasteiger partial charge in [-0.1, -0.05) is 30.3 Å². The van der Waals surface area contributed by atoms with E-state index in [0.29, 0.717) is 11.8 Å². The quantitative estimate of drug-likeness (QED) is 0.465. The third kappa shape index (κ3) is 2.69. The molecular weight excluding hydrogens is 312 g/mol. The maximum Gasteiger partial charge on any atom is 0.190 e. The molecule has 0 radical (unpaired) electrons. The first-order chi connectivity index (χ1) is 9.50. The van der Waals surface area contributed by atoms with Crippen molar-refractivity contribution in [3.05, 3.63) is 15.6 Å². The van der Waals surface area contributed by atoms with E-state index in [-0.39, 0.29) is 5.60 Å². The number of halogens is 1. The van der Waals surface area contributed by atoms with Gasteiger partial charge in [-0.3, -0.25) is 0 Å². The predicted octanol–water partition coefficient (Wildman–Crippen LogP) is 4.70. The molecule has 2 aromatic heterocycles. The number of thiophene rings is 1. The molecule has 0 spiro atoms. The highest BCUT2D eigenvalue weighted by molar-refractivity contribution is 7.99. The average molecular weight is 329 g/mol. The van der Waals surface area contributed by atoms with E-state index in [1.807, 2.05) is 0 Å². The van der Waals surface area contributed by atoms with Crippen molar-refractivity contribution in [2.75, 3.05) is 5.75 Å². The summed E-state index contributed by atoms with van der Waals surface area (Å²) >= 11 is 9.77. The van der Waals surface area contributed by atoms with Crippen LogP contribution in [0.4, 0.5) is 0 Å². The summed E-state index contributed by atoms with van der Waals surface area (Å²) in [4.78, 5) is 11.3. The second-order valence-electron chi connectivity index (χ2n) is 5.55. The maximum atomic E-state index is 6.41. The van der Waals surface area contributed by atoms with Crippen molar-refractivity contribution in [3.63, 3.8) is 0 Å². The lowest BCUT2D eigenvalue weighted by Gasteiger charge is -2.30. The molecule has 1 aliphatic rings. The SMILES string of the molecule is CCCSc1nc(Cl)c2c3c(sc2n1)COC(C)(C)C3. The van der Waals surface area contributed by atoms with Crippen LogP contribution in [0.3, 0.4) is 0 Å². The number of thioether (sulfide) groups is 1. The third-order valence-electron chi connectivity index (χ3n) is 3.30. The van der Waals surface area contributed by atoms with Gasteiger partial charge in [-0.15, -0.1) is 11.3 Å². The van der Waals surface area contributed by atoms with E-state index in [2.05, 4.69) is 30.7 Å². The lowest BCUT2D eigenvalue weighted by molar-refractivity contribution is -0.0379. The van der Waals surface area contributed by atoms with E-state index in [1.54, 1.807) is 23.1 Å². The molecule has 0 atom stereocenters. The summed E-state index contributed by atoms with van der Waals surface area (Å²) in [6, 6.07) is 0. The van der Waals surface area contributed by atoms with E-state index in [4.69, 9.17) is 16.3 Å². The van der Waals surface area contributed by atoms with Gasteiger partial charge in [-0.05, 0) is 25.8 Å². The van der Waals surface area contributed by atoms with E-state index >= 15 is 0 Å². The smallest absolute Gasteiger partial charge is 0.190 e. The van der Waals surface area contributed by atoms with Gasteiger partial charge in [0.2, 0.25) is 0 Å². The summed E-state index contributed by atoms with van der Waals surface area (Å²) in [5.74, 6) is 1.02. The highest BCUT2D eigenvalue weighted by Gasteiger charge is 2.30. The molecule has 0 unspecified atom stereocenters. The molecule has 3 rings (SSSR count). The molecule has 6 heteroatoms. The Morgan fingerprint density at radius 1 is 1.40 bits per heavy atom. The maximum absolute atomic E-state index is 6.41. The van der Waals surface area contributed by atoms with Crippen molar-refractivity contribution >= 4 is 44.9 Å². The Bertz CT molecular complexity index is 654. The minimum Gasteiger partial charge on any atom is -0.370 e. The van der Waals surface area contributed by atoms with Crippen LogP contribution in [0.1, 0.15) is 37.6 Å². The summed E-state index contributed by atoms with van der Waals surface area (Å²) in [7, 11) is 0. The highest BCUT2D eigenvalue weighted by atomic mass is 35.5. The van der Waals surface area contributed by atoms with Gasteiger partial charge in [-0.25, -0.2) is 9.97 Å². The molecule has 1 aliphatic heterocycles. The molecule has 0 saturated heterocycles. The lowest BCUT2D eigenvalue weighted by Crippen LogP contribution is -2.30. The molecule has 0 amide bonds. The first-order valence-corrected chi connectivity index (χ1v) is 8.93. The highest BCUT2D eigenvalue weighted by Crippen LogP contribution is 2.41. The van der Waals surface area contributed by atoms with Gasteiger partial charge in [-0.2, -0.15) is 0 Å². The monoisotopic (exact) mass is 328 g/mol. The summed E-state index contributed by atoms with van der Waals surface area (Å²) in [5.41, 5.74) is 1.14. The number of hydrogen-bond donors (Lipinski definition) is 0. The normalized spacial score (nSPS) is 17.4. The minimum absolute atomic E-state index is 0.139. The zero-order valence-electron chi connectivity index (χ0n) is 11.8. The number of ether oxygens (including phenoxy) is 1. The van der Waals surface area contributed by atoms with Crippen molar-refractivity contribution < 1.29 is 4.74 Å². The van der Waals surface area contributed by atoms with Gasteiger partial charge in [0.1, 0.15) is 9.98 Å². The van der Waals surface area contributed by atoms with Crippen LogP contribution in [0, 0.1) is 0 Å². The molecule has 108 valence electrons. The number of rotatable bonds is 3. The largest absolute Gasteiger partial charge is 0.370 e. The molecule has 0 aliphatic carbocycles. The Morgan fingerprint density at radius 3 is 2.95 bits per heavy atom. The molecule has 0 aromatic carbocycles. The van der Waals surface area contributed by atoms with Gasteiger partial charge < -0.3 is 4.74 Å². The molecule has 0 fully saturated rings. The van der Waals surface area contributed by atoms with Crippen LogP contribution in [0.15, 0.2) is 5.16 Å². The molecule has 0 bridgehead atoms. The fourth-order valence-corrected chi connectivity index (χ4v) is 4.59. The van der Waals surface area contributed by atoms with Crippen LogP contribution in [0.25, 0.3) is 10.2 Å². The van der Waals surface area contributed by atoms with Crippen LogP contribution < -0.4 is 0 Å². The summed E-state index contributed by atoms with van der Waals surface area (Å²) < 4.78 is 5.87. The van der Waals surface area contributed by atoms with Crippen molar-refractivity contribution in [1.29, 1.82) is 0 Å². The number of fused-ring (bicyclic) bond motifs is 3. The van der Waals surface area contributed by atoms with Crippen molar-refractivity contribution in [3.8, 4) is 0 Å². The second kappa shape index (κ2) is 5.44.